The van der Waals surface area contributed by atoms with E-state index in [2.05, 4.69) is 10.2 Å². The predicted octanol–water partition coefficient (Wildman–Crippen LogP) is 1.36. The Balaban J connectivity index is 1.80. The van der Waals surface area contributed by atoms with Crippen molar-refractivity contribution >= 4 is 12.1 Å². The molecule has 150 valence electrons. The highest BCUT2D eigenvalue weighted by atomic mass is 16.6. The Kier molecular flexibility index (Phi) is 7.11. The van der Waals surface area contributed by atoms with Crippen LogP contribution in [-0.4, -0.2) is 97.0 Å². The van der Waals surface area contributed by atoms with Gasteiger partial charge in [0.05, 0.1) is 25.3 Å². The molecule has 0 spiro atoms. The third-order valence-electron chi connectivity index (χ3n) is 4.96. The van der Waals surface area contributed by atoms with Crippen molar-refractivity contribution in [2.75, 3.05) is 52.5 Å². The quantitative estimate of drug-likeness (QED) is 0.812. The highest BCUT2D eigenvalue weighted by molar-refractivity contribution is 5.75. The van der Waals surface area contributed by atoms with Gasteiger partial charge in [0, 0.05) is 39.3 Å². The molecule has 0 radical (unpaired) electrons. The molecule has 0 aromatic carbocycles. The first-order valence-corrected chi connectivity index (χ1v) is 9.53. The van der Waals surface area contributed by atoms with Gasteiger partial charge in [-0.3, -0.25) is 4.90 Å². The monoisotopic (exact) mass is 370 g/mol. The number of nitrogens with zero attached hydrogens (tertiary/aromatic N) is 3. The van der Waals surface area contributed by atoms with Crippen LogP contribution in [0.2, 0.25) is 0 Å². The van der Waals surface area contributed by atoms with Crippen molar-refractivity contribution in [1.29, 1.82) is 0 Å². The number of hydrogen-bond acceptors (Lipinski definition) is 5. The molecule has 2 aliphatic rings. The van der Waals surface area contributed by atoms with Crippen LogP contribution in [0.1, 0.15) is 34.6 Å². The SMILES string of the molecule is C[C@@H]1[C@@H](C)N(C(=O)OC(C)(C)C)CCN1C(=O)NCCN1CCOCC1. The zero-order valence-corrected chi connectivity index (χ0v) is 16.8. The molecule has 2 atom stereocenters. The van der Waals surface area contributed by atoms with Gasteiger partial charge in [-0.25, -0.2) is 9.59 Å². The number of urea groups is 1. The first kappa shape index (κ1) is 20.8. The summed E-state index contributed by atoms with van der Waals surface area (Å²) in [5.74, 6) is 0. The van der Waals surface area contributed by atoms with Crippen LogP contribution in [0.15, 0.2) is 0 Å². The van der Waals surface area contributed by atoms with E-state index < -0.39 is 5.60 Å². The summed E-state index contributed by atoms with van der Waals surface area (Å²) in [6, 6.07) is -0.232. The molecule has 2 saturated heterocycles. The Hall–Kier alpha value is -1.54. The van der Waals surface area contributed by atoms with Crippen LogP contribution in [-0.2, 0) is 9.47 Å². The molecule has 2 heterocycles. The molecule has 2 rings (SSSR count). The molecule has 3 amide bonds. The average molecular weight is 370 g/mol. The number of hydrogen-bond donors (Lipinski definition) is 1. The number of morpholine rings is 1. The molecule has 0 aliphatic carbocycles. The summed E-state index contributed by atoms with van der Waals surface area (Å²) in [5.41, 5.74) is -0.520. The summed E-state index contributed by atoms with van der Waals surface area (Å²) in [7, 11) is 0. The normalized spacial score (nSPS) is 25.1. The molecule has 0 saturated carbocycles. The lowest BCUT2D eigenvalue weighted by Gasteiger charge is -2.44. The largest absolute Gasteiger partial charge is 0.444 e. The maximum atomic E-state index is 12.5. The van der Waals surface area contributed by atoms with E-state index in [4.69, 9.17) is 9.47 Å². The van der Waals surface area contributed by atoms with E-state index >= 15 is 0 Å². The van der Waals surface area contributed by atoms with Gasteiger partial charge in [-0.2, -0.15) is 0 Å². The van der Waals surface area contributed by atoms with E-state index in [1.54, 1.807) is 4.90 Å². The lowest BCUT2D eigenvalue weighted by atomic mass is 10.1. The van der Waals surface area contributed by atoms with E-state index in [9.17, 15) is 9.59 Å². The second-order valence-electron chi connectivity index (χ2n) is 8.03. The molecule has 0 bridgehead atoms. The van der Waals surface area contributed by atoms with Crippen molar-refractivity contribution in [1.82, 2.24) is 20.0 Å². The summed E-state index contributed by atoms with van der Waals surface area (Å²) in [5, 5.41) is 3.00. The zero-order chi connectivity index (χ0) is 19.3. The number of rotatable bonds is 3. The molecular formula is C18H34N4O4. The number of ether oxygens (including phenoxy) is 2. The molecule has 8 nitrogen and oxygen atoms in total. The molecule has 0 aromatic heterocycles. The molecule has 2 aliphatic heterocycles. The van der Waals surface area contributed by atoms with Crippen molar-refractivity contribution < 1.29 is 19.1 Å². The van der Waals surface area contributed by atoms with Gasteiger partial charge in [-0.1, -0.05) is 0 Å². The Labute approximate surface area is 156 Å². The molecule has 2 fully saturated rings. The van der Waals surface area contributed by atoms with Crippen molar-refractivity contribution in [3.8, 4) is 0 Å². The van der Waals surface area contributed by atoms with Crippen molar-refractivity contribution in [3.63, 3.8) is 0 Å². The first-order valence-electron chi connectivity index (χ1n) is 9.53. The Bertz CT molecular complexity index is 488. The van der Waals surface area contributed by atoms with E-state index in [1.165, 1.54) is 0 Å². The maximum Gasteiger partial charge on any atom is 0.410 e. The Morgan fingerprint density at radius 3 is 2.23 bits per heavy atom. The van der Waals surface area contributed by atoms with Gasteiger partial charge < -0.3 is 24.6 Å². The second kappa shape index (κ2) is 8.90. The molecular weight excluding hydrogens is 336 g/mol. The van der Waals surface area contributed by atoms with E-state index in [0.29, 0.717) is 19.6 Å². The summed E-state index contributed by atoms with van der Waals surface area (Å²) in [6.45, 7) is 15.3. The fourth-order valence-electron chi connectivity index (χ4n) is 3.26. The van der Waals surface area contributed by atoms with E-state index in [1.807, 2.05) is 39.5 Å². The second-order valence-corrected chi connectivity index (χ2v) is 8.03. The smallest absolute Gasteiger partial charge is 0.410 e. The first-order chi connectivity index (χ1) is 12.2. The van der Waals surface area contributed by atoms with Crippen LogP contribution in [0, 0.1) is 0 Å². The van der Waals surface area contributed by atoms with Crippen LogP contribution in [0.5, 0.6) is 0 Å². The standard InChI is InChI=1S/C18H34N4O4/c1-14-15(2)22(17(24)26-18(3,4)5)9-8-21(14)16(23)19-6-7-20-10-12-25-13-11-20/h14-15H,6-13H2,1-5H3,(H,19,23)/t14-,15-/m1/s1. The topological polar surface area (TPSA) is 74.4 Å². The summed E-state index contributed by atoms with van der Waals surface area (Å²) < 4.78 is 10.8. The van der Waals surface area contributed by atoms with E-state index in [-0.39, 0.29) is 24.2 Å². The maximum absolute atomic E-state index is 12.5. The number of nitrogens with one attached hydrogen (secondary N) is 1. The summed E-state index contributed by atoms with van der Waals surface area (Å²) in [6.07, 6.45) is -0.316. The molecule has 0 unspecified atom stereocenters. The van der Waals surface area contributed by atoms with Crippen LogP contribution >= 0.6 is 0 Å². The third-order valence-corrected chi connectivity index (χ3v) is 4.96. The molecule has 0 aromatic rings. The van der Waals surface area contributed by atoms with Gasteiger partial charge in [0.2, 0.25) is 0 Å². The van der Waals surface area contributed by atoms with Gasteiger partial charge in [0.15, 0.2) is 0 Å². The van der Waals surface area contributed by atoms with Gasteiger partial charge in [-0.15, -0.1) is 0 Å². The number of carbonyl (C=O) groups excluding carboxylic acids is 2. The number of piperazine rings is 1. The van der Waals surface area contributed by atoms with Crippen molar-refractivity contribution in [2.45, 2.75) is 52.3 Å². The van der Waals surface area contributed by atoms with Gasteiger partial charge in [0.25, 0.3) is 0 Å². The lowest BCUT2D eigenvalue weighted by molar-refractivity contribution is -0.00556. The van der Waals surface area contributed by atoms with Crippen LogP contribution in [0.25, 0.3) is 0 Å². The van der Waals surface area contributed by atoms with Crippen molar-refractivity contribution in [3.05, 3.63) is 0 Å². The van der Waals surface area contributed by atoms with Gasteiger partial charge in [-0.05, 0) is 34.6 Å². The minimum atomic E-state index is -0.520. The fourth-order valence-corrected chi connectivity index (χ4v) is 3.26. The lowest BCUT2D eigenvalue weighted by Crippen LogP contribution is -2.62. The van der Waals surface area contributed by atoms with Gasteiger partial charge >= 0.3 is 12.1 Å². The number of carbonyl (C=O) groups is 2. The number of amides is 3. The highest BCUT2D eigenvalue weighted by Gasteiger charge is 2.37. The molecule has 8 heteroatoms. The predicted molar refractivity (Wildman–Crippen MR) is 99.2 cm³/mol. The Morgan fingerprint density at radius 2 is 1.62 bits per heavy atom. The average Bonchev–Trinajstić information content (AvgIpc) is 2.56. The highest BCUT2D eigenvalue weighted by Crippen LogP contribution is 2.20. The van der Waals surface area contributed by atoms with Crippen LogP contribution in [0.4, 0.5) is 9.59 Å². The third kappa shape index (κ3) is 5.74. The van der Waals surface area contributed by atoms with Crippen molar-refractivity contribution in [2.24, 2.45) is 0 Å². The molecule has 1 N–H and O–H groups in total. The fraction of sp³-hybridized carbons (Fsp3) is 0.889. The van der Waals surface area contributed by atoms with E-state index in [0.717, 1.165) is 32.8 Å². The Morgan fingerprint density at radius 1 is 1.04 bits per heavy atom. The summed E-state index contributed by atoms with van der Waals surface area (Å²) in [4.78, 5) is 30.7. The van der Waals surface area contributed by atoms with Gasteiger partial charge in [0.1, 0.15) is 5.60 Å². The molecule has 26 heavy (non-hydrogen) atoms. The van der Waals surface area contributed by atoms with Crippen LogP contribution in [0.3, 0.4) is 0 Å². The minimum absolute atomic E-state index is 0.0681. The zero-order valence-electron chi connectivity index (χ0n) is 16.8. The minimum Gasteiger partial charge on any atom is -0.444 e. The summed E-state index contributed by atoms with van der Waals surface area (Å²) >= 11 is 0. The van der Waals surface area contributed by atoms with Crippen LogP contribution < -0.4 is 5.32 Å².